The van der Waals surface area contributed by atoms with Crippen LogP contribution in [0.15, 0.2) is 15.9 Å². The van der Waals surface area contributed by atoms with Crippen molar-refractivity contribution in [2.45, 2.75) is 19.1 Å². The van der Waals surface area contributed by atoms with Crippen molar-refractivity contribution >= 4 is 33.2 Å². The van der Waals surface area contributed by atoms with Gasteiger partial charge in [0, 0.05) is 21.8 Å². The summed E-state index contributed by atoms with van der Waals surface area (Å²) in [7, 11) is 1.61. The first-order valence-electron chi connectivity index (χ1n) is 5.39. The van der Waals surface area contributed by atoms with E-state index in [1.807, 2.05) is 11.4 Å². The molecule has 0 aliphatic carbocycles. The minimum atomic E-state index is -4.35. The zero-order valence-corrected chi connectivity index (χ0v) is 12.6. The molecule has 0 fully saturated rings. The molecule has 0 aliphatic heterocycles. The highest BCUT2D eigenvalue weighted by Gasteiger charge is 2.27. The van der Waals surface area contributed by atoms with Crippen LogP contribution in [0.4, 0.5) is 13.2 Å². The highest BCUT2D eigenvalue weighted by atomic mass is 79.9. The predicted octanol–water partition coefficient (Wildman–Crippen LogP) is 3.44. The molecule has 19 heavy (non-hydrogen) atoms. The first-order valence-corrected chi connectivity index (χ1v) is 7.06. The van der Waals surface area contributed by atoms with Crippen molar-refractivity contribution in [3.8, 4) is 0 Å². The summed E-state index contributed by atoms with van der Waals surface area (Å²) in [6.07, 6.45) is -4.41. The van der Waals surface area contributed by atoms with E-state index >= 15 is 0 Å². The molecule has 1 rings (SSSR count). The minimum absolute atomic E-state index is 0.0564. The van der Waals surface area contributed by atoms with E-state index in [1.54, 1.807) is 7.05 Å². The van der Waals surface area contributed by atoms with Crippen molar-refractivity contribution in [3.63, 3.8) is 0 Å². The Kier molecular flexibility index (Phi) is 6.28. The lowest BCUT2D eigenvalue weighted by molar-refractivity contribution is -0.175. The Balaban J connectivity index is 2.25. The average Bonchev–Trinajstić information content (AvgIpc) is 2.68. The van der Waals surface area contributed by atoms with Crippen molar-refractivity contribution in [1.29, 1.82) is 0 Å². The molecule has 0 aliphatic rings. The summed E-state index contributed by atoms with van der Waals surface area (Å²) in [6, 6.07) is 1.90. The van der Waals surface area contributed by atoms with Gasteiger partial charge in [-0.1, -0.05) is 0 Å². The summed E-state index contributed by atoms with van der Waals surface area (Å²) in [5, 5.41) is 1.90. The van der Waals surface area contributed by atoms with Crippen molar-refractivity contribution in [1.82, 2.24) is 4.90 Å². The number of carbonyl (C=O) groups is 1. The van der Waals surface area contributed by atoms with Crippen LogP contribution in [0.3, 0.4) is 0 Å². The largest absolute Gasteiger partial charge is 0.411 e. The van der Waals surface area contributed by atoms with Gasteiger partial charge in [-0.2, -0.15) is 13.2 Å². The zero-order chi connectivity index (χ0) is 14.5. The summed E-state index contributed by atoms with van der Waals surface area (Å²) in [6.45, 7) is -1.10. The molecule has 1 amide bonds. The van der Waals surface area contributed by atoms with Crippen LogP contribution in [0.1, 0.15) is 11.3 Å². The molecular formula is C11H13BrF3NO2S. The molecule has 1 heterocycles. The van der Waals surface area contributed by atoms with Gasteiger partial charge in [0.05, 0.1) is 19.6 Å². The number of nitrogens with zero attached hydrogens (tertiary/aromatic N) is 1. The summed E-state index contributed by atoms with van der Waals surface area (Å²) in [5.41, 5.74) is 0. The van der Waals surface area contributed by atoms with Crippen LogP contribution in [-0.4, -0.2) is 37.2 Å². The molecule has 0 atom stereocenters. The van der Waals surface area contributed by atoms with Gasteiger partial charge in [-0.05, 0) is 22.0 Å². The third-order valence-electron chi connectivity index (χ3n) is 2.17. The van der Waals surface area contributed by atoms with E-state index < -0.39 is 12.8 Å². The van der Waals surface area contributed by atoms with E-state index in [4.69, 9.17) is 0 Å². The molecule has 1 aromatic rings. The molecule has 3 nitrogen and oxygen atoms in total. The molecule has 0 saturated carbocycles. The topological polar surface area (TPSA) is 29.5 Å². The molecule has 0 saturated heterocycles. The number of alkyl halides is 3. The van der Waals surface area contributed by atoms with E-state index in [0.717, 1.165) is 9.35 Å². The maximum Gasteiger partial charge on any atom is 0.411 e. The molecule has 0 N–H and O–H groups in total. The second kappa shape index (κ2) is 7.25. The van der Waals surface area contributed by atoms with Crippen LogP contribution in [-0.2, 0) is 16.1 Å². The Morgan fingerprint density at radius 2 is 2.21 bits per heavy atom. The van der Waals surface area contributed by atoms with Crippen molar-refractivity contribution in [2.24, 2.45) is 0 Å². The van der Waals surface area contributed by atoms with Gasteiger partial charge in [0.25, 0.3) is 0 Å². The predicted molar refractivity (Wildman–Crippen MR) is 70.0 cm³/mol. The second-order valence-electron chi connectivity index (χ2n) is 3.90. The van der Waals surface area contributed by atoms with Gasteiger partial charge in [0.2, 0.25) is 5.91 Å². The first-order chi connectivity index (χ1) is 8.78. The van der Waals surface area contributed by atoms with Gasteiger partial charge in [0.15, 0.2) is 0 Å². The molecule has 108 valence electrons. The summed E-state index contributed by atoms with van der Waals surface area (Å²) >= 11 is 4.82. The van der Waals surface area contributed by atoms with Crippen LogP contribution in [0.25, 0.3) is 0 Å². The van der Waals surface area contributed by atoms with Crippen molar-refractivity contribution in [3.05, 3.63) is 20.8 Å². The van der Waals surface area contributed by atoms with Gasteiger partial charge in [-0.15, -0.1) is 11.3 Å². The lowest BCUT2D eigenvalue weighted by atomic mass is 10.3. The van der Waals surface area contributed by atoms with Crippen molar-refractivity contribution in [2.75, 3.05) is 20.3 Å². The normalized spacial score (nSPS) is 11.6. The highest BCUT2D eigenvalue weighted by Crippen LogP contribution is 2.21. The zero-order valence-electron chi connectivity index (χ0n) is 10.2. The number of halogens is 4. The molecular weight excluding hydrogens is 347 g/mol. The number of carbonyl (C=O) groups excluding carboxylic acids is 1. The lowest BCUT2D eigenvalue weighted by Crippen LogP contribution is -2.27. The van der Waals surface area contributed by atoms with Crippen LogP contribution < -0.4 is 0 Å². The summed E-state index contributed by atoms with van der Waals surface area (Å²) in [4.78, 5) is 14.1. The third-order valence-corrected chi connectivity index (χ3v) is 3.85. The average molecular weight is 360 g/mol. The molecule has 8 heteroatoms. The Morgan fingerprint density at radius 1 is 1.53 bits per heavy atom. The number of thiophene rings is 1. The van der Waals surface area contributed by atoms with Gasteiger partial charge in [-0.3, -0.25) is 4.79 Å². The van der Waals surface area contributed by atoms with Gasteiger partial charge < -0.3 is 9.64 Å². The number of hydrogen-bond acceptors (Lipinski definition) is 3. The Morgan fingerprint density at radius 3 is 2.74 bits per heavy atom. The standard InChI is InChI=1S/C11H13BrF3NO2S/c1-16(5-9-4-8(12)6-19-9)10(17)2-3-18-7-11(13,14)15/h4,6H,2-3,5,7H2,1H3. The molecule has 0 radical (unpaired) electrons. The molecule has 0 aromatic carbocycles. The fourth-order valence-corrected chi connectivity index (χ4v) is 2.80. The molecule has 0 bridgehead atoms. The quantitative estimate of drug-likeness (QED) is 0.728. The lowest BCUT2D eigenvalue weighted by Gasteiger charge is -2.16. The van der Waals surface area contributed by atoms with Crippen LogP contribution in [0.5, 0.6) is 0 Å². The Hall–Kier alpha value is -0.600. The second-order valence-corrected chi connectivity index (χ2v) is 5.81. The fraction of sp³-hybridized carbons (Fsp3) is 0.545. The number of rotatable bonds is 6. The van der Waals surface area contributed by atoms with E-state index in [2.05, 4.69) is 20.7 Å². The number of hydrogen-bond donors (Lipinski definition) is 0. The molecule has 0 spiro atoms. The Labute approximate surface area is 121 Å². The first kappa shape index (κ1) is 16.5. The van der Waals surface area contributed by atoms with Gasteiger partial charge >= 0.3 is 6.18 Å². The SMILES string of the molecule is CN(Cc1cc(Br)cs1)C(=O)CCOCC(F)(F)F. The van der Waals surface area contributed by atoms with Gasteiger partial charge in [0.1, 0.15) is 6.61 Å². The van der Waals surface area contributed by atoms with Crippen LogP contribution in [0, 0.1) is 0 Å². The number of amides is 1. The van der Waals surface area contributed by atoms with E-state index in [1.165, 1.54) is 16.2 Å². The van der Waals surface area contributed by atoms with Crippen LogP contribution in [0.2, 0.25) is 0 Å². The third kappa shape index (κ3) is 6.93. The van der Waals surface area contributed by atoms with E-state index in [0.29, 0.717) is 6.54 Å². The maximum absolute atomic E-state index is 11.8. The van der Waals surface area contributed by atoms with E-state index in [-0.39, 0.29) is 18.9 Å². The highest BCUT2D eigenvalue weighted by molar-refractivity contribution is 9.10. The monoisotopic (exact) mass is 359 g/mol. The van der Waals surface area contributed by atoms with Gasteiger partial charge in [-0.25, -0.2) is 0 Å². The van der Waals surface area contributed by atoms with E-state index in [9.17, 15) is 18.0 Å². The van der Waals surface area contributed by atoms with Crippen molar-refractivity contribution < 1.29 is 22.7 Å². The summed E-state index contributed by atoms with van der Waals surface area (Å²) in [5.74, 6) is -0.244. The smallest absolute Gasteiger partial charge is 0.372 e. The van der Waals surface area contributed by atoms with Crippen LogP contribution >= 0.6 is 27.3 Å². The number of ether oxygens (including phenoxy) is 1. The minimum Gasteiger partial charge on any atom is -0.372 e. The molecule has 1 aromatic heterocycles. The molecule has 0 unspecified atom stereocenters. The fourth-order valence-electron chi connectivity index (χ4n) is 1.30. The maximum atomic E-state index is 11.8. The summed E-state index contributed by atoms with van der Waals surface area (Å²) < 4.78 is 40.8. The Bertz CT molecular complexity index is 422.